The SMILES string of the molecule is Clc1cc(NC2CCCCC2)nc(C2CCCCC2)n1. The van der Waals surface area contributed by atoms with Crippen LogP contribution in [0.4, 0.5) is 5.82 Å². The molecule has 2 saturated carbocycles. The summed E-state index contributed by atoms with van der Waals surface area (Å²) in [6.07, 6.45) is 12.9. The maximum absolute atomic E-state index is 6.20. The summed E-state index contributed by atoms with van der Waals surface area (Å²) >= 11 is 6.20. The van der Waals surface area contributed by atoms with Crippen LogP contribution in [0, 0.1) is 0 Å². The smallest absolute Gasteiger partial charge is 0.135 e. The second-order valence-electron chi connectivity index (χ2n) is 6.25. The van der Waals surface area contributed by atoms with Crippen LogP contribution in [-0.2, 0) is 0 Å². The minimum atomic E-state index is 0.509. The molecule has 4 heteroatoms. The summed E-state index contributed by atoms with van der Waals surface area (Å²) in [5.41, 5.74) is 0. The van der Waals surface area contributed by atoms with Crippen molar-refractivity contribution < 1.29 is 0 Å². The Morgan fingerprint density at radius 2 is 1.55 bits per heavy atom. The summed E-state index contributed by atoms with van der Waals surface area (Å²) in [6, 6.07) is 2.44. The third-order valence-corrected chi connectivity index (χ3v) is 4.83. The molecule has 0 amide bonds. The number of anilines is 1. The van der Waals surface area contributed by atoms with Gasteiger partial charge in [0.15, 0.2) is 0 Å². The number of hydrogen-bond donors (Lipinski definition) is 1. The first-order valence-electron chi connectivity index (χ1n) is 8.12. The third-order valence-electron chi connectivity index (χ3n) is 4.64. The lowest BCUT2D eigenvalue weighted by Crippen LogP contribution is -2.23. The Hall–Kier alpha value is -0.830. The molecular weight excluding hydrogens is 270 g/mol. The van der Waals surface area contributed by atoms with Crippen LogP contribution in [0.5, 0.6) is 0 Å². The van der Waals surface area contributed by atoms with Crippen LogP contribution in [0.1, 0.15) is 76.0 Å². The van der Waals surface area contributed by atoms with Crippen LogP contribution in [0.3, 0.4) is 0 Å². The molecule has 3 rings (SSSR count). The molecule has 0 atom stereocenters. The molecule has 1 N–H and O–H groups in total. The number of hydrogen-bond acceptors (Lipinski definition) is 3. The van der Waals surface area contributed by atoms with E-state index in [-0.39, 0.29) is 0 Å². The van der Waals surface area contributed by atoms with Crippen molar-refractivity contribution in [3.63, 3.8) is 0 Å². The second-order valence-corrected chi connectivity index (χ2v) is 6.64. The van der Waals surface area contributed by atoms with Gasteiger partial charge in [0.05, 0.1) is 0 Å². The van der Waals surface area contributed by atoms with E-state index in [4.69, 9.17) is 16.6 Å². The van der Waals surface area contributed by atoms with Gasteiger partial charge in [-0.1, -0.05) is 50.1 Å². The van der Waals surface area contributed by atoms with Gasteiger partial charge in [0.2, 0.25) is 0 Å². The lowest BCUT2D eigenvalue weighted by atomic mass is 9.89. The van der Waals surface area contributed by atoms with Crippen molar-refractivity contribution >= 4 is 17.4 Å². The maximum Gasteiger partial charge on any atom is 0.135 e. The minimum absolute atomic E-state index is 0.509. The predicted molar refractivity (Wildman–Crippen MR) is 83.4 cm³/mol. The van der Waals surface area contributed by atoms with E-state index in [0.717, 1.165) is 11.6 Å². The highest BCUT2D eigenvalue weighted by Crippen LogP contribution is 2.32. The van der Waals surface area contributed by atoms with Gasteiger partial charge in [-0.15, -0.1) is 0 Å². The molecule has 110 valence electrons. The quantitative estimate of drug-likeness (QED) is 0.804. The zero-order valence-corrected chi connectivity index (χ0v) is 12.8. The van der Waals surface area contributed by atoms with E-state index < -0.39 is 0 Å². The monoisotopic (exact) mass is 293 g/mol. The number of halogens is 1. The third kappa shape index (κ3) is 3.63. The van der Waals surface area contributed by atoms with E-state index >= 15 is 0 Å². The van der Waals surface area contributed by atoms with Gasteiger partial charge in [-0.3, -0.25) is 0 Å². The number of aromatic nitrogens is 2. The van der Waals surface area contributed by atoms with Crippen LogP contribution in [0.2, 0.25) is 5.15 Å². The van der Waals surface area contributed by atoms with Crippen molar-refractivity contribution in [2.75, 3.05) is 5.32 Å². The van der Waals surface area contributed by atoms with Crippen molar-refractivity contribution in [1.82, 2.24) is 9.97 Å². The Balaban J connectivity index is 1.71. The van der Waals surface area contributed by atoms with Crippen LogP contribution in [0.25, 0.3) is 0 Å². The predicted octanol–water partition coefficient (Wildman–Crippen LogP) is 4.92. The fourth-order valence-corrected chi connectivity index (χ4v) is 3.70. The molecule has 2 aliphatic rings. The zero-order valence-electron chi connectivity index (χ0n) is 12.1. The summed E-state index contributed by atoms with van der Waals surface area (Å²) in [5.74, 6) is 2.39. The highest BCUT2D eigenvalue weighted by atomic mass is 35.5. The molecule has 0 unspecified atom stereocenters. The average Bonchev–Trinajstić information content (AvgIpc) is 2.49. The lowest BCUT2D eigenvalue weighted by molar-refractivity contribution is 0.428. The normalized spacial score (nSPS) is 21.9. The standard InChI is InChI=1S/C16H24ClN3/c17-14-11-15(18-13-9-5-2-6-10-13)20-16(19-14)12-7-3-1-4-8-12/h11-13H,1-10H2,(H,18,19,20). The molecule has 0 saturated heterocycles. The van der Waals surface area contributed by atoms with E-state index in [9.17, 15) is 0 Å². The summed E-state index contributed by atoms with van der Waals surface area (Å²) in [6.45, 7) is 0. The summed E-state index contributed by atoms with van der Waals surface area (Å²) in [4.78, 5) is 9.21. The highest BCUT2D eigenvalue weighted by Gasteiger charge is 2.20. The van der Waals surface area contributed by atoms with E-state index in [0.29, 0.717) is 17.1 Å². The topological polar surface area (TPSA) is 37.8 Å². The van der Waals surface area contributed by atoms with E-state index in [1.54, 1.807) is 0 Å². The van der Waals surface area contributed by atoms with Crippen molar-refractivity contribution in [2.24, 2.45) is 0 Å². The largest absolute Gasteiger partial charge is 0.367 e. The first-order valence-corrected chi connectivity index (χ1v) is 8.50. The number of nitrogens with one attached hydrogen (secondary N) is 1. The van der Waals surface area contributed by atoms with Crippen LogP contribution in [0.15, 0.2) is 6.07 Å². The Bertz CT molecular complexity index is 437. The van der Waals surface area contributed by atoms with Gasteiger partial charge in [0.25, 0.3) is 0 Å². The first-order chi connectivity index (χ1) is 9.81. The highest BCUT2D eigenvalue weighted by molar-refractivity contribution is 6.29. The molecule has 0 bridgehead atoms. The van der Waals surface area contributed by atoms with Crippen molar-refractivity contribution in [2.45, 2.75) is 76.2 Å². The summed E-state index contributed by atoms with van der Waals surface area (Å²) in [5, 5.41) is 4.15. The molecule has 1 heterocycles. The van der Waals surface area contributed by atoms with Crippen molar-refractivity contribution in [3.05, 3.63) is 17.0 Å². The van der Waals surface area contributed by atoms with Gasteiger partial charge in [-0.2, -0.15) is 0 Å². The van der Waals surface area contributed by atoms with Gasteiger partial charge in [0.1, 0.15) is 16.8 Å². The molecule has 0 spiro atoms. The van der Waals surface area contributed by atoms with Crippen molar-refractivity contribution in [3.8, 4) is 0 Å². The summed E-state index contributed by atoms with van der Waals surface area (Å²) < 4.78 is 0. The van der Waals surface area contributed by atoms with E-state index in [2.05, 4.69) is 10.3 Å². The Kier molecular flexibility index (Phi) is 4.77. The van der Waals surface area contributed by atoms with Gasteiger partial charge in [-0.05, 0) is 25.7 Å². The van der Waals surface area contributed by atoms with Crippen LogP contribution >= 0.6 is 11.6 Å². The average molecular weight is 294 g/mol. The number of rotatable bonds is 3. The van der Waals surface area contributed by atoms with Gasteiger partial charge in [-0.25, -0.2) is 9.97 Å². The molecule has 2 fully saturated rings. The van der Waals surface area contributed by atoms with Gasteiger partial charge < -0.3 is 5.32 Å². The lowest BCUT2D eigenvalue weighted by Gasteiger charge is -2.25. The molecule has 2 aliphatic carbocycles. The summed E-state index contributed by atoms with van der Waals surface area (Å²) in [7, 11) is 0. The number of nitrogens with zero attached hydrogens (tertiary/aromatic N) is 2. The van der Waals surface area contributed by atoms with Gasteiger partial charge in [0, 0.05) is 18.0 Å². The molecule has 20 heavy (non-hydrogen) atoms. The van der Waals surface area contributed by atoms with E-state index in [1.165, 1.54) is 64.2 Å². The van der Waals surface area contributed by atoms with E-state index in [1.807, 2.05) is 6.07 Å². The first kappa shape index (κ1) is 14.1. The molecule has 3 nitrogen and oxygen atoms in total. The van der Waals surface area contributed by atoms with Gasteiger partial charge >= 0.3 is 0 Å². The molecular formula is C16H24ClN3. The fourth-order valence-electron chi connectivity index (χ4n) is 3.51. The fraction of sp³-hybridized carbons (Fsp3) is 0.750. The van der Waals surface area contributed by atoms with Crippen LogP contribution < -0.4 is 5.32 Å². The second kappa shape index (κ2) is 6.75. The molecule has 0 radical (unpaired) electrons. The zero-order chi connectivity index (χ0) is 13.8. The molecule has 1 aromatic heterocycles. The Morgan fingerprint density at radius 3 is 2.25 bits per heavy atom. The molecule has 1 aromatic rings. The minimum Gasteiger partial charge on any atom is -0.367 e. The van der Waals surface area contributed by atoms with Crippen LogP contribution in [-0.4, -0.2) is 16.0 Å². The maximum atomic E-state index is 6.20. The molecule has 0 aromatic carbocycles. The Morgan fingerprint density at radius 1 is 0.900 bits per heavy atom. The Labute approximate surface area is 126 Å². The molecule has 0 aliphatic heterocycles. The van der Waals surface area contributed by atoms with Crippen molar-refractivity contribution in [1.29, 1.82) is 0 Å².